The largest absolute Gasteiger partial charge is 0.350 e. The summed E-state index contributed by atoms with van der Waals surface area (Å²) >= 11 is 0. The van der Waals surface area contributed by atoms with Crippen molar-refractivity contribution in [3.05, 3.63) is 65.1 Å². The van der Waals surface area contributed by atoms with Crippen LogP contribution in [0.5, 0.6) is 0 Å². The molecule has 4 aromatic rings. The van der Waals surface area contributed by atoms with Crippen LogP contribution in [0.3, 0.4) is 0 Å². The molecule has 0 aliphatic heterocycles. The summed E-state index contributed by atoms with van der Waals surface area (Å²) in [6, 6.07) is 10.5. The van der Waals surface area contributed by atoms with Gasteiger partial charge in [-0.15, -0.1) is 0 Å². The first-order valence-corrected chi connectivity index (χ1v) is 10.4. The van der Waals surface area contributed by atoms with E-state index in [-0.39, 0.29) is 29.0 Å². The monoisotopic (exact) mass is 438 g/mol. The Morgan fingerprint density at radius 2 is 1.88 bits per heavy atom. The zero-order chi connectivity index (χ0) is 22.8. The highest BCUT2D eigenvalue weighted by Crippen LogP contribution is 2.32. The lowest BCUT2D eigenvalue weighted by Gasteiger charge is -2.09. The molecular weight excluding hydrogens is 414 g/mol. The number of amides is 1. The Kier molecular flexibility index (Phi) is 5.98. The molecule has 3 aromatic heterocycles. The lowest BCUT2D eigenvalue weighted by atomic mass is 10.1. The Morgan fingerprint density at radius 3 is 2.53 bits per heavy atom. The minimum atomic E-state index is -2.69. The van der Waals surface area contributed by atoms with Gasteiger partial charge in [0.05, 0.1) is 22.5 Å². The SMILES string of the molecule is CCn1cc(CNC(=O)Cn2nc(C)c3c(C(F)F)cc(-c4ccccc4)nc32)c(C)n1. The molecule has 0 spiro atoms. The van der Waals surface area contributed by atoms with Crippen LogP contribution in [0.4, 0.5) is 8.78 Å². The van der Waals surface area contributed by atoms with Crippen LogP contribution < -0.4 is 5.32 Å². The van der Waals surface area contributed by atoms with Crippen LogP contribution in [0.15, 0.2) is 42.6 Å². The van der Waals surface area contributed by atoms with E-state index in [1.807, 2.05) is 55.1 Å². The van der Waals surface area contributed by atoms with Crippen molar-refractivity contribution in [2.75, 3.05) is 0 Å². The van der Waals surface area contributed by atoms with Crippen LogP contribution in [0.1, 0.15) is 35.9 Å². The fourth-order valence-corrected chi connectivity index (χ4v) is 3.71. The van der Waals surface area contributed by atoms with Crippen molar-refractivity contribution in [1.82, 2.24) is 29.9 Å². The number of carbonyl (C=O) groups is 1. The molecule has 0 fully saturated rings. The zero-order valence-electron chi connectivity index (χ0n) is 18.1. The quantitative estimate of drug-likeness (QED) is 0.470. The van der Waals surface area contributed by atoms with E-state index in [1.165, 1.54) is 10.7 Å². The van der Waals surface area contributed by atoms with Crippen molar-refractivity contribution in [2.24, 2.45) is 0 Å². The summed E-state index contributed by atoms with van der Waals surface area (Å²) in [7, 11) is 0. The average molecular weight is 438 g/mol. The van der Waals surface area contributed by atoms with Crippen molar-refractivity contribution < 1.29 is 13.6 Å². The van der Waals surface area contributed by atoms with Crippen LogP contribution >= 0.6 is 0 Å². The molecule has 3 heterocycles. The second kappa shape index (κ2) is 8.86. The first-order valence-electron chi connectivity index (χ1n) is 10.4. The molecule has 9 heteroatoms. The minimum absolute atomic E-state index is 0.126. The van der Waals surface area contributed by atoms with E-state index in [0.717, 1.165) is 23.4 Å². The van der Waals surface area contributed by atoms with E-state index in [9.17, 15) is 13.6 Å². The van der Waals surface area contributed by atoms with Crippen LogP contribution in [0, 0.1) is 13.8 Å². The smallest absolute Gasteiger partial charge is 0.264 e. The standard InChI is InChI=1S/C23H24F2N6O/c1-4-30-12-17(14(2)28-30)11-26-20(32)13-31-23-21(15(3)29-31)18(22(24)25)10-19(27-23)16-8-6-5-7-9-16/h5-10,12,22H,4,11,13H2,1-3H3,(H,26,32). The summed E-state index contributed by atoms with van der Waals surface area (Å²) in [5, 5.41) is 11.8. The maximum Gasteiger partial charge on any atom is 0.264 e. The van der Waals surface area contributed by atoms with Crippen molar-refractivity contribution in [1.29, 1.82) is 0 Å². The van der Waals surface area contributed by atoms with Gasteiger partial charge in [-0.1, -0.05) is 30.3 Å². The highest BCUT2D eigenvalue weighted by Gasteiger charge is 2.22. The second-order valence-corrected chi connectivity index (χ2v) is 7.58. The molecular formula is C23H24F2N6O. The number of rotatable bonds is 7. The molecule has 0 aliphatic carbocycles. The number of halogens is 2. The molecule has 0 atom stereocenters. The van der Waals surface area contributed by atoms with Gasteiger partial charge in [0.15, 0.2) is 5.65 Å². The maximum absolute atomic E-state index is 13.9. The molecule has 1 N–H and O–H groups in total. The molecule has 166 valence electrons. The van der Waals surface area contributed by atoms with E-state index in [1.54, 1.807) is 6.92 Å². The van der Waals surface area contributed by atoms with Gasteiger partial charge in [0.25, 0.3) is 6.43 Å². The highest BCUT2D eigenvalue weighted by atomic mass is 19.3. The fourth-order valence-electron chi connectivity index (χ4n) is 3.71. The Morgan fingerprint density at radius 1 is 1.12 bits per heavy atom. The zero-order valence-corrected chi connectivity index (χ0v) is 18.1. The van der Waals surface area contributed by atoms with Crippen molar-refractivity contribution >= 4 is 16.9 Å². The van der Waals surface area contributed by atoms with Gasteiger partial charge in [0, 0.05) is 36.0 Å². The van der Waals surface area contributed by atoms with E-state index in [0.29, 0.717) is 17.9 Å². The normalized spacial score (nSPS) is 11.4. The Labute approximate surface area is 184 Å². The van der Waals surface area contributed by atoms with E-state index in [2.05, 4.69) is 20.5 Å². The van der Waals surface area contributed by atoms with E-state index < -0.39 is 6.43 Å². The topological polar surface area (TPSA) is 77.6 Å². The number of pyridine rings is 1. The van der Waals surface area contributed by atoms with Crippen LogP contribution in [0.25, 0.3) is 22.3 Å². The second-order valence-electron chi connectivity index (χ2n) is 7.58. The third-order valence-corrected chi connectivity index (χ3v) is 5.35. The first-order chi connectivity index (χ1) is 15.4. The highest BCUT2D eigenvalue weighted by molar-refractivity contribution is 5.87. The lowest BCUT2D eigenvalue weighted by Crippen LogP contribution is -2.27. The van der Waals surface area contributed by atoms with Gasteiger partial charge in [-0.05, 0) is 26.8 Å². The van der Waals surface area contributed by atoms with Crippen LogP contribution in [-0.2, 0) is 24.4 Å². The average Bonchev–Trinajstić information content (AvgIpc) is 3.31. The number of aromatic nitrogens is 5. The van der Waals surface area contributed by atoms with Crippen LogP contribution in [0.2, 0.25) is 0 Å². The van der Waals surface area contributed by atoms with E-state index in [4.69, 9.17) is 0 Å². The Hall–Kier alpha value is -3.62. The third-order valence-electron chi connectivity index (χ3n) is 5.35. The van der Waals surface area contributed by atoms with Crippen molar-refractivity contribution in [3.8, 4) is 11.3 Å². The number of aryl methyl sites for hydroxylation is 3. The number of benzene rings is 1. The summed E-state index contributed by atoms with van der Waals surface area (Å²) in [6.07, 6.45) is -0.794. The molecule has 1 amide bonds. The summed E-state index contributed by atoms with van der Waals surface area (Å²) < 4.78 is 30.9. The lowest BCUT2D eigenvalue weighted by molar-refractivity contribution is -0.121. The van der Waals surface area contributed by atoms with Gasteiger partial charge < -0.3 is 5.32 Å². The molecule has 0 saturated carbocycles. The number of carbonyl (C=O) groups excluding carboxylic acids is 1. The minimum Gasteiger partial charge on any atom is -0.350 e. The molecule has 0 bridgehead atoms. The maximum atomic E-state index is 13.9. The number of fused-ring (bicyclic) bond motifs is 1. The molecule has 7 nitrogen and oxygen atoms in total. The summed E-state index contributed by atoms with van der Waals surface area (Å²) in [5.41, 5.74) is 3.45. The number of nitrogens with one attached hydrogen (secondary N) is 1. The van der Waals surface area contributed by atoms with Gasteiger partial charge in [-0.2, -0.15) is 10.2 Å². The predicted octanol–water partition coefficient (Wildman–Crippen LogP) is 4.19. The number of alkyl halides is 2. The third kappa shape index (κ3) is 4.23. The molecule has 4 rings (SSSR count). The summed E-state index contributed by atoms with van der Waals surface area (Å²) in [6.45, 7) is 6.47. The van der Waals surface area contributed by atoms with E-state index >= 15 is 0 Å². The Bertz CT molecular complexity index is 1260. The number of hydrogen-bond donors (Lipinski definition) is 1. The van der Waals surface area contributed by atoms with Gasteiger partial charge in [0.2, 0.25) is 5.91 Å². The van der Waals surface area contributed by atoms with Crippen LogP contribution in [-0.4, -0.2) is 30.5 Å². The van der Waals surface area contributed by atoms with Gasteiger partial charge in [-0.3, -0.25) is 9.48 Å². The molecule has 0 unspecified atom stereocenters. The number of nitrogens with zero attached hydrogens (tertiary/aromatic N) is 5. The summed E-state index contributed by atoms with van der Waals surface area (Å²) in [4.78, 5) is 17.2. The summed E-state index contributed by atoms with van der Waals surface area (Å²) in [5.74, 6) is -0.288. The molecule has 0 aliphatic rings. The van der Waals surface area contributed by atoms with Crippen molar-refractivity contribution in [3.63, 3.8) is 0 Å². The predicted molar refractivity (Wildman–Crippen MR) is 117 cm³/mol. The number of hydrogen-bond acceptors (Lipinski definition) is 4. The van der Waals surface area contributed by atoms with Gasteiger partial charge >= 0.3 is 0 Å². The Balaban J connectivity index is 1.64. The molecule has 0 saturated heterocycles. The van der Waals surface area contributed by atoms with Gasteiger partial charge in [0.1, 0.15) is 6.54 Å². The van der Waals surface area contributed by atoms with Gasteiger partial charge in [-0.25, -0.2) is 18.4 Å². The molecule has 32 heavy (non-hydrogen) atoms. The molecule has 1 aromatic carbocycles. The van der Waals surface area contributed by atoms with Crippen molar-refractivity contribution in [2.45, 2.75) is 46.8 Å². The molecule has 0 radical (unpaired) electrons. The fraction of sp³-hybridized carbons (Fsp3) is 0.304. The first kappa shape index (κ1) is 21.6.